The van der Waals surface area contributed by atoms with Gasteiger partial charge in [-0.25, -0.2) is 0 Å². The molecule has 116 valence electrons. The molecule has 1 rings (SSSR count). The van der Waals surface area contributed by atoms with Gasteiger partial charge in [0.2, 0.25) is 0 Å². The number of para-hydroxylation sites is 1. The Morgan fingerprint density at radius 2 is 1.52 bits per heavy atom. The fourth-order valence-electron chi connectivity index (χ4n) is 1.80. The Kier molecular flexibility index (Phi) is 11.2. The second-order valence-electron chi connectivity index (χ2n) is 4.91. The predicted octanol–water partition coefficient (Wildman–Crippen LogP) is -0.245. The SMILES string of the molecule is C.CC(C)c1cccc(C(C)C)c1OCOP(=O)([O-])[O-].[Na+]. The number of ether oxygens (including phenoxy) is 1. The molecule has 0 aliphatic carbocycles. The van der Waals surface area contributed by atoms with Gasteiger partial charge in [-0.05, 0) is 23.0 Å². The van der Waals surface area contributed by atoms with Gasteiger partial charge in [-0.1, -0.05) is 53.3 Å². The number of phosphoric acid groups is 1. The van der Waals surface area contributed by atoms with E-state index in [0.717, 1.165) is 11.1 Å². The van der Waals surface area contributed by atoms with Crippen molar-refractivity contribution in [1.29, 1.82) is 0 Å². The van der Waals surface area contributed by atoms with Gasteiger partial charge in [0, 0.05) is 0 Å². The van der Waals surface area contributed by atoms with Crippen molar-refractivity contribution in [3.8, 4) is 5.75 Å². The molecule has 0 aliphatic rings. The first-order valence-corrected chi connectivity index (χ1v) is 7.60. The normalized spacial score (nSPS) is 11.0. The smallest absolute Gasteiger partial charge is 0.790 e. The fraction of sp³-hybridized carbons (Fsp3) is 0.571. The van der Waals surface area contributed by atoms with Crippen LogP contribution in [0.4, 0.5) is 0 Å². The first kappa shape index (κ1) is 23.4. The molecule has 0 atom stereocenters. The van der Waals surface area contributed by atoms with Crippen molar-refractivity contribution >= 4 is 7.82 Å². The summed E-state index contributed by atoms with van der Waals surface area (Å²) >= 11 is 0. The third kappa shape index (κ3) is 7.80. The molecule has 1 aromatic carbocycles. The summed E-state index contributed by atoms with van der Waals surface area (Å²) in [6, 6.07) is 5.77. The number of hydrogen-bond acceptors (Lipinski definition) is 5. The molecular weight excluding hydrogens is 302 g/mol. The summed E-state index contributed by atoms with van der Waals surface area (Å²) in [5.74, 6) is 1.04. The van der Waals surface area contributed by atoms with Gasteiger partial charge in [0.15, 0.2) is 6.79 Å². The van der Waals surface area contributed by atoms with Crippen LogP contribution in [0.15, 0.2) is 18.2 Å². The van der Waals surface area contributed by atoms with Gasteiger partial charge in [-0.2, -0.15) is 0 Å². The number of benzene rings is 1. The molecule has 0 aliphatic heterocycles. The minimum absolute atomic E-state index is 0. The van der Waals surface area contributed by atoms with E-state index in [9.17, 15) is 14.4 Å². The van der Waals surface area contributed by atoms with E-state index in [1.165, 1.54) is 0 Å². The fourth-order valence-corrected chi connectivity index (χ4v) is 1.98. The summed E-state index contributed by atoms with van der Waals surface area (Å²) in [6.07, 6.45) is 0. The monoisotopic (exact) mass is 325 g/mol. The minimum Gasteiger partial charge on any atom is -0.790 e. The van der Waals surface area contributed by atoms with Crippen LogP contribution < -0.4 is 44.1 Å². The van der Waals surface area contributed by atoms with Crippen LogP contribution in [0, 0.1) is 0 Å². The number of hydrogen-bond donors (Lipinski definition) is 0. The Labute approximate surface area is 149 Å². The molecule has 5 nitrogen and oxygen atoms in total. The van der Waals surface area contributed by atoms with Gasteiger partial charge in [-0.3, -0.25) is 0 Å². The molecular formula is C14H23NaO5P-. The second kappa shape index (κ2) is 10.0. The molecule has 0 amide bonds. The van der Waals surface area contributed by atoms with Gasteiger partial charge in [0.05, 0.1) is 7.82 Å². The topological polar surface area (TPSA) is 81.7 Å². The summed E-state index contributed by atoms with van der Waals surface area (Å²) in [7, 11) is -5.01. The van der Waals surface area contributed by atoms with Gasteiger partial charge < -0.3 is 23.6 Å². The maximum Gasteiger partial charge on any atom is 1.00 e. The Morgan fingerprint density at radius 3 is 1.86 bits per heavy atom. The van der Waals surface area contributed by atoms with Crippen LogP contribution in [0.25, 0.3) is 0 Å². The van der Waals surface area contributed by atoms with E-state index in [0.29, 0.717) is 5.75 Å². The molecule has 0 spiro atoms. The Hall–Kier alpha value is 0.130. The van der Waals surface area contributed by atoms with Crippen molar-refractivity contribution in [2.75, 3.05) is 6.79 Å². The Bertz CT molecular complexity index is 444. The van der Waals surface area contributed by atoms with Crippen LogP contribution in [0.3, 0.4) is 0 Å². The molecule has 21 heavy (non-hydrogen) atoms. The van der Waals surface area contributed by atoms with E-state index in [1.54, 1.807) is 0 Å². The van der Waals surface area contributed by atoms with E-state index in [1.807, 2.05) is 45.9 Å². The van der Waals surface area contributed by atoms with Crippen LogP contribution in [-0.4, -0.2) is 6.79 Å². The first-order chi connectivity index (χ1) is 8.72. The van der Waals surface area contributed by atoms with E-state index in [-0.39, 0.29) is 48.8 Å². The first-order valence-electron chi connectivity index (χ1n) is 6.14. The van der Waals surface area contributed by atoms with Crippen LogP contribution in [-0.2, 0) is 9.09 Å². The Morgan fingerprint density at radius 1 is 1.10 bits per heavy atom. The third-order valence-corrected chi connectivity index (χ3v) is 3.16. The molecule has 0 N–H and O–H groups in total. The molecule has 0 radical (unpaired) electrons. The van der Waals surface area contributed by atoms with E-state index < -0.39 is 14.6 Å². The van der Waals surface area contributed by atoms with Gasteiger partial charge in [0.1, 0.15) is 5.75 Å². The Balaban J connectivity index is 0. The quantitative estimate of drug-likeness (QED) is 0.409. The molecule has 0 fully saturated rings. The van der Waals surface area contributed by atoms with Gasteiger partial charge in [0.25, 0.3) is 0 Å². The van der Waals surface area contributed by atoms with E-state index in [2.05, 4.69) is 4.52 Å². The molecule has 0 heterocycles. The summed E-state index contributed by atoms with van der Waals surface area (Å²) in [4.78, 5) is 20.9. The molecule has 0 bridgehead atoms. The summed E-state index contributed by atoms with van der Waals surface area (Å²) in [5, 5.41) is 0. The summed E-state index contributed by atoms with van der Waals surface area (Å²) < 4.78 is 19.9. The third-order valence-electron chi connectivity index (χ3n) is 2.73. The maximum atomic E-state index is 10.4. The molecule has 0 aromatic heterocycles. The van der Waals surface area contributed by atoms with E-state index in [4.69, 9.17) is 4.74 Å². The van der Waals surface area contributed by atoms with Crippen molar-refractivity contribution in [3.63, 3.8) is 0 Å². The largest absolute Gasteiger partial charge is 1.00 e. The average Bonchev–Trinajstić information content (AvgIpc) is 2.26. The molecule has 7 heteroatoms. The molecule has 0 saturated carbocycles. The number of rotatable bonds is 6. The summed E-state index contributed by atoms with van der Waals surface area (Å²) in [6.45, 7) is 7.46. The zero-order chi connectivity index (χ0) is 14.6. The zero-order valence-electron chi connectivity index (χ0n) is 12.6. The van der Waals surface area contributed by atoms with Crippen molar-refractivity contribution < 1.29 is 53.2 Å². The zero-order valence-corrected chi connectivity index (χ0v) is 15.5. The van der Waals surface area contributed by atoms with Crippen LogP contribution >= 0.6 is 7.82 Å². The second-order valence-corrected chi connectivity index (χ2v) is 6.07. The number of phosphoric ester groups is 1. The molecule has 1 aromatic rings. The summed E-state index contributed by atoms with van der Waals surface area (Å²) in [5.41, 5.74) is 1.92. The van der Waals surface area contributed by atoms with Crippen molar-refractivity contribution in [2.45, 2.75) is 47.0 Å². The van der Waals surface area contributed by atoms with Crippen LogP contribution in [0.5, 0.6) is 5.75 Å². The van der Waals surface area contributed by atoms with Gasteiger partial charge in [-0.15, -0.1) is 0 Å². The van der Waals surface area contributed by atoms with Gasteiger partial charge >= 0.3 is 29.6 Å². The van der Waals surface area contributed by atoms with Crippen molar-refractivity contribution in [1.82, 2.24) is 0 Å². The predicted molar refractivity (Wildman–Crippen MR) is 75.5 cm³/mol. The molecule has 0 unspecified atom stereocenters. The van der Waals surface area contributed by atoms with Crippen LogP contribution in [0.1, 0.15) is 58.1 Å². The molecule has 0 saturated heterocycles. The van der Waals surface area contributed by atoms with Crippen LogP contribution in [0.2, 0.25) is 0 Å². The van der Waals surface area contributed by atoms with Crippen molar-refractivity contribution in [2.24, 2.45) is 0 Å². The van der Waals surface area contributed by atoms with E-state index >= 15 is 0 Å². The van der Waals surface area contributed by atoms with Crippen molar-refractivity contribution in [3.05, 3.63) is 29.3 Å². The maximum absolute atomic E-state index is 10.4. The standard InChI is InChI=1S/C13H21O5P.CH4.Na/c1-9(2)11-6-5-7-12(10(3)4)13(11)17-8-18-19(14,15)16;;/h5-7,9-10H,8H2,1-4H3,(H2,14,15,16);1H4;/q;;+1/p-2. The minimum atomic E-state index is -5.01. The average molecular weight is 325 g/mol.